The smallest absolute Gasteiger partial charge is 0.319 e. The van der Waals surface area contributed by atoms with E-state index in [1.807, 2.05) is 0 Å². The van der Waals surface area contributed by atoms with E-state index in [9.17, 15) is 20.0 Å². The Morgan fingerprint density at radius 3 is 2.68 bits per heavy atom. The number of likely N-dealkylation sites (N-methyl/N-ethyl adjacent to an activating group) is 1. The number of carbonyl (C=O) groups excluding carboxylic acids is 1. The highest BCUT2D eigenvalue weighted by Crippen LogP contribution is 2.28. The van der Waals surface area contributed by atoms with E-state index in [-0.39, 0.29) is 17.3 Å². The van der Waals surface area contributed by atoms with Gasteiger partial charge in [-0.3, -0.25) is 14.9 Å². The molecule has 0 atom stereocenters. The Bertz CT molecular complexity index is 519. The summed E-state index contributed by atoms with van der Waals surface area (Å²) < 4.78 is 0. The zero-order valence-corrected chi connectivity index (χ0v) is 11.5. The zero-order valence-electron chi connectivity index (χ0n) is 10.8. The van der Waals surface area contributed by atoms with Gasteiger partial charge in [0.2, 0.25) is 5.15 Å². The van der Waals surface area contributed by atoms with Crippen LogP contribution in [0.4, 0.5) is 5.69 Å². The van der Waals surface area contributed by atoms with Gasteiger partial charge in [0.15, 0.2) is 0 Å². The van der Waals surface area contributed by atoms with Gasteiger partial charge in [-0.1, -0.05) is 11.6 Å². The lowest BCUT2D eigenvalue weighted by atomic mass is 10.0. The normalized spacial score (nSPS) is 11.2. The van der Waals surface area contributed by atoms with Crippen molar-refractivity contribution < 1.29 is 14.8 Å². The van der Waals surface area contributed by atoms with Gasteiger partial charge in [-0.2, -0.15) is 0 Å². The lowest BCUT2D eigenvalue weighted by molar-refractivity contribution is -0.385. The van der Waals surface area contributed by atoms with Gasteiger partial charge in [0.25, 0.3) is 5.91 Å². The van der Waals surface area contributed by atoms with Crippen molar-refractivity contribution in [1.82, 2.24) is 9.88 Å². The molecule has 1 rings (SSSR count). The highest BCUT2D eigenvalue weighted by Gasteiger charge is 2.33. The number of nitrogens with zero attached hydrogens (tertiary/aromatic N) is 3. The summed E-state index contributed by atoms with van der Waals surface area (Å²) in [5.74, 6) is -0.602. The molecule has 1 aromatic heterocycles. The highest BCUT2D eigenvalue weighted by atomic mass is 35.5. The Morgan fingerprint density at radius 2 is 2.21 bits per heavy atom. The number of rotatable bonds is 4. The second-order valence-electron chi connectivity index (χ2n) is 4.59. The van der Waals surface area contributed by atoms with E-state index in [2.05, 4.69) is 4.98 Å². The van der Waals surface area contributed by atoms with Crippen molar-refractivity contribution in [3.05, 3.63) is 33.1 Å². The number of amides is 1. The van der Waals surface area contributed by atoms with Gasteiger partial charge >= 0.3 is 5.69 Å². The first-order chi connectivity index (χ1) is 8.72. The number of hydrogen-bond acceptors (Lipinski definition) is 5. The van der Waals surface area contributed by atoms with Crippen LogP contribution in [0.3, 0.4) is 0 Å². The summed E-state index contributed by atoms with van der Waals surface area (Å²) in [6, 6.07) is 1.23. The Balaban J connectivity index is 3.28. The average Bonchev–Trinajstić information content (AvgIpc) is 2.36. The number of nitro groups is 1. The van der Waals surface area contributed by atoms with Crippen LogP contribution in [-0.2, 0) is 0 Å². The van der Waals surface area contributed by atoms with Crippen LogP contribution in [0.25, 0.3) is 0 Å². The summed E-state index contributed by atoms with van der Waals surface area (Å²) in [7, 11) is 1.45. The van der Waals surface area contributed by atoms with Crippen molar-refractivity contribution >= 4 is 23.2 Å². The molecule has 0 spiro atoms. The summed E-state index contributed by atoms with van der Waals surface area (Å²) in [6.07, 6.45) is 1.22. The largest absolute Gasteiger partial charge is 0.394 e. The quantitative estimate of drug-likeness (QED) is 0.514. The molecule has 7 nitrogen and oxygen atoms in total. The van der Waals surface area contributed by atoms with Crippen molar-refractivity contribution in [2.45, 2.75) is 19.4 Å². The molecule has 0 aliphatic rings. The third-order valence-electron chi connectivity index (χ3n) is 2.89. The number of aliphatic hydroxyl groups excluding tert-OH is 1. The lowest BCUT2D eigenvalue weighted by Crippen LogP contribution is -2.47. The van der Waals surface area contributed by atoms with Gasteiger partial charge in [0, 0.05) is 13.2 Å². The predicted octanol–water partition coefficient (Wildman–Crippen LogP) is 1.49. The molecule has 1 heterocycles. The van der Waals surface area contributed by atoms with E-state index in [1.54, 1.807) is 13.8 Å². The number of aliphatic hydroxyl groups is 1. The van der Waals surface area contributed by atoms with Crippen molar-refractivity contribution in [3.63, 3.8) is 0 Å². The minimum Gasteiger partial charge on any atom is -0.394 e. The predicted molar refractivity (Wildman–Crippen MR) is 69.2 cm³/mol. The summed E-state index contributed by atoms with van der Waals surface area (Å²) >= 11 is 5.65. The van der Waals surface area contributed by atoms with Gasteiger partial charge in [-0.05, 0) is 19.9 Å². The number of aromatic nitrogens is 1. The molecule has 0 aromatic carbocycles. The van der Waals surface area contributed by atoms with Crippen molar-refractivity contribution in [2.24, 2.45) is 0 Å². The molecule has 0 unspecified atom stereocenters. The molecular weight excluding hydrogens is 274 g/mol. The first-order valence-electron chi connectivity index (χ1n) is 5.40. The summed E-state index contributed by atoms with van der Waals surface area (Å²) in [5.41, 5.74) is -1.54. The molecule has 0 fully saturated rings. The minimum atomic E-state index is -0.847. The first kappa shape index (κ1) is 15.3. The molecular formula is C11H14ClN3O4. The van der Waals surface area contributed by atoms with Gasteiger partial charge < -0.3 is 10.0 Å². The fourth-order valence-corrected chi connectivity index (χ4v) is 1.56. The Hall–Kier alpha value is -1.73. The topological polar surface area (TPSA) is 96.6 Å². The monoisotopic (exact) mass is 287 g/mol. The van der Waals surface area contributed by atoms with Crippen LogP contribution in [0.1, 0.15) is 24.2 Å². The van der Waals surface area contributed by atoms with E-state index in [4.69, 9.17) is 11.6 Å². The molecule has 19 heavy (non-hydrogen) atoms. The molecule has 1 aromatic rings. The van der Waals surface area contributed by atoms with Crippen molar-refractivity contribution in [1.29, 1.82) is 0 Å². The summed E-state index contributed by atoms with van der Waals surface area (Å²) in [4.78, 5) is 27.3. The van der Waals surface area contributed by atoms with E-state index in [0.717, 1.165) is 0 Å². The molecule has 0 saturated carbocycles. The maximum atomic E-state index is 12.3. The number of carbonyl (C=O) groups is 1. The van der Waals surface area contributed by atoms with Crippen LogP contribution in [0.5, 0.6) is 0 Å². The molecule has 0 aliphatic heterocycles. The molecule has 0 aliphatic carbocycles. The summed E-state index contributed by atoms with van der Waals surface area (Å²) in [6.45, 7) is 3.00. The Labute approximate surface area is 115 Å². The Kier molecular flexibility index (Phi) is 4.43. The fraction of sp³-hybridized carbons (Fsp3) is 0.455. The SMILES string of the molecule is CN(C(=O)c1ccnc(Cl)c1[N+](=O)[O-])C(C)(C)CO. The fourth-order valence-electron chi connectivity index (χ4n) is 1.34. The van der Waals surface area contributed by atoms with Crippen LogP contribution in [0, 0.1) is 10.1 Å². The van der Waals surface area contributed by atoms with Crippen LogP contribution in [-0.4, -0.2) is 45.0 Å². The Morgan fingerprint density at radius 1 is 1.63 bits per heavy atom. The van der Waals surface area contributed by atoms with Crippen LogP contribution < -0.4 is 0 Å². The standard InChI is InChI=1S/C11H14ClN3O4/c1-11(2,6-16)14(3)10(17)7-4-5-13-9(12)8(7)15(18)19/h4-5,16H,6H2,1-3H3. The van der Waals surface area contributed by atoms with Gasteiger partial charge in [0.05, 0.1) is 17.1 Å². The maximum absolute atomic E-state index is 12.3. The molecule has 1 amide bonds. The van der Waals surface area contributed by atoms with Gasteiger partial charge in [-0.25, -0.2) is 4.98 Å². The minimum absolute atomic E-state index is 0.158. The maximum Gasteiger partial charge on any atom is 0.319 e. The second kappa shape index (κ2) is 5.50. The highest BCUT2D eigenvalue weighted by molar-refractivity contribution is 6.32. The first-order valence-corrected chi connectivity index (χ1v) is 5.78. The van der Waals surface area contributed by atoms with E-state index in [1.165, 1.54) is 24.2 Å². The molecule has 0 radical (unpaired) electrons. The van der Waals surface area contributed by atoms with Crippen LogP contribution >= 0.6 is 11.6 Å². The van der Waals surface area contributed by atoms with Crippen molar-refractivity contribution in [2.75, 3.05) is 13.7 Å². The van der Waals surface area contributed by atoms with E-state index >= 15 is 0 Å². The van der Waals surface area contributed by atoms with Gasteiger partial charge in [-0.15, -0.1) is 0 Å². The van der Waals surface area contributed by atoms with Gasteiger partial charge in [0.1, 0.15) is 5.56 Å². The number of pyridine rings is 1. The molecule has 0 bridgehead atoms. The molecule has 1 N–H and O–H groups in total. The van der Waals surface area contributed by atoms with Crippen LogP contribution in [0.15, 0.2) is 12.3 Å². The van der Waals surface area contributed by atoms with E-state index < -0.39 is 22.1 Å². The lowest BCUT2D eigenvalue weighted by Gasteiger charge is -2.33. The zero-order chi connectivity index (χ0) is 14.8. The number of halogens is 1. The number of hydrogen-bond donors (Lipinski definition) is 1. The average molecular weight is 288 g/mol. The van der Waals surface area contributed by atoms with Crippen LogP contribution in [0.2, 0.25) is 5.15 Å². The van der Waals surface area contributed by atoms with Crippen molar-refractivity contribution in [3.8, 4) is 0 Å². The summed E-state index contributed by atoms with van der Waals surface area (Å²) in [5, 5.41) is 19.8. The molecule has 0 saturated heterocycles. The second-order valence-corrected chi connectivity index (χ2v) is 4.95. The third-order valence-corrected chi connectivity index (χ3v) is 3.17. The third kappa shape index (κ3) is 2.99. The molecule has 104 valence electrons. The molecule has 8 heteroatoms. The van der Waals surface area contributed by atoms with E-state index in [0.29, 0.717) is 0 Å².